The van der Waals surface area contributed by atoms with E-state index in [1.165, 1.54) is 114 Å². The second-order valence-corrected chi connectivity index (χ2v) is 24.8. The van der Waals surface area contributed by atoms with Crippen LogP contribution in [-0.2, 0) is 5.41 Å². The number of benzene rings is 9. The Morgan fingerprint density at radius 1 is 0.320 bits per heavy atom. The van der Waals surface area contributed by atoms with Crippen molar-refractivity contribution >= 4 is 39.0 Å². The lowest BCUT2D eigenvalue weighted by molar-refractivity contribution is 0.165. The summed E-state index contributed by atoms with van der Waals surface area (Å²) in [5.74, 6) is 6.27. The molecule has 9 aromatic carbocycles. The Morgan fingerprint density at radius 2 is 0.787 bits per heavy atom. The van der Waals surface area contributed by atoms with E-state index in [1.807, 2.05) is 0 Å². The first-order valence-electron chi connectivity index (χ1n) is 28.6. The number of hydrogen-bond acceptors (Lipinski definition) is 2. The van der Waals surface area contributed by atoms with Crippen LogP contribution in [-0.4, -0.2) is 0 Å². The van der Waals surface area contributed by atoms with Crippen molar-refractivity contribution in [2.45, 2.75) is 93.3 Å². The molecule has 10 aliphatic carbocycles. The van der Waals surface area contributed by atoms with Gasteiger partial charge in [0, 0.05) is 33.4 Å². The van der Waals surface area contributed by atoms with Crippen LogP contribution in [0.25, 0.3) is 66.4 Å². The van der Waals surface area contributed by atoms with Gasteiger partial charge in [-0.15, -0.1) is 0 Å². The van der Waals surface area contributed by atoms with E-state index >= 15 is 0 Å². The minimum absolute atomic E-state index is 0.429. The standard InChI is InChI=1S/C73H59NO/c1-2-9-46(10-3-1)47-17-21-53(22-18-47)74(54-23-19-48(20-24-54)56-13-8-14-60-59-12-5-7-16-71(59)75-72(56)60)55-25-26-58-57-11-4-6-15-67(57)73(68(58)37-55)69-40-63-51-33-42-27-43(34-51)30-49(29-42)61(63)38-65(69)66-39-62-50-31-44-28-45(32-50)36-52(35-44)64(62)41-70(66)73/h1-26,37-45,49-52H,27-36H2. The molecular weight excluding hydrogens is 907 g/mol. The molecule has 10 aromatic rings. The number of rotatable bonds is 5. The lowest BCUT2D eigenvalue weighted by atomic mass is 9.66. The van der Waals surface area contributed by atoms with Crippen molar-refractivity contribution in [3.63, 3.8) is 0 Å². The molecule has 10 aliphatic rings. The first kappa shape index (κ1) is 41.9. The molecule has 75 heavy (non-hydrogen) atoms. The highest BCUT2D eigenvalue weighted by atomic mass is 16.3. The van der Waals surface area contributed by atoms with E-state index in [-0.39, 0.29) is 0 Å². The second kappa shape index (κ2) is 15.4. The highest BCUT2D eigenvalue weighted by molar-refractivity contribution is 6.09. The summed E-state index contributed by atoms with van der Waals surface area (Å²) in [6.07, 6.45) is 14.0. The molecule has 2 nitrogen and oxygen atoms in total. The summed E-state index contributed by atoms with van der Waals surface area (Å²) in [4.78, 5) is 2.52. The van der Waals surface area contributed by atoms with E-state index < -0.39 is 5.41 Å². The zero-order chi connectivity index (χ0) is 48.7. The molecule has 1 spiro atoms. The first-order valence-corrected chi connectivity index (χ1v) is 28.6. The Balaban J connectivity index is 0.860. The van der Waals surface area contributed by atoms with Crippen LogP contribution in [0.15, 0.2) is 192 Å². The van der Waals surface area contributed by atoms with E-state index in [4.69, 9.17) is 4.42 Å². The van der Waals surface area contributed by atoms with Crippen LogP contribution >= 0.6 is 0 Å². The summed E-state index contributed by atoms with van der Waals surface area (Å²) in [6.45, 7) is 0. The molecule has 4 atom stereocenters. The van der Waals surface area contributed by atoms with Crippen molar-refractivity contribution in [3.05, 3.63) is 233 Å². The van der Waals surface area contributed by atoms with Crippen LogP contribution in [0.1, 0.15) is 132 Å². The van der Waals surface area contributed by atoms with Gasteiger partial charge in [-0.05, 0) is 237 Å². The average Bonchev–Trinajstić information content (AvgIpc) is 4.21. The first-order chi connectivity index (χ1) is 37.1. The van der Waals surface area contributed by atoms with Crippen LogP contribution in [0.5, 0.6) is 0 Å². The second-order valence-electron chi connectivity index (χ2n) is 24.8. The minimum atomic E-state index is -0.429. The Hall–Kier alpha value is -7.42. The third kappa shape index (κ3) is 5.87. The fourth-order valence-electron chi connectivity index (χ4n) is 18.2. The monoisotopic (exact) mass is 965 g/mol. The summed E-state index contributed by atoms with van der Waals surface area (Å²) < 4.78 is 6.58. The number of fused-ring (bicyclic) bond motifs is 13. The van der Waals surface area contributed by atoms with Crippen molar-refractivity contribution in [1.82, 2.24) is 0 Å². The third-order valence-corrected chi connectivity index (χ3v) is 20.9. The van der Waals surface area contributed by atoms with Gasteiger partial charge in [0.15, 0.2) is 0 Å². The normalized spacial score (nSPS) is 26.5. The maximum atomic E-state index is 6.58. The zero-order valence-corrected chi connectivity index (χ0v) is 42.4. The van der Waals surface area contributed by atoms with E-state index in [1.54, 1.807) is 33.4 Å². The molecule has 1 heterocycles. The summed E-state index contributed by atoms with van der Waals surface area (Å²) in [5.41, 5.74) is 28.3. The molecule has 2 heteroatoms. The van der Waals surface area contributed by atoms with Crippen molar-refractivity contribution < 1.29 is 4.42 Å². The van der Waals surface area contributed by atoms with Gasteiger partial charge < -0.3 is 9.32 Å². The van der Waals surface area contributed by atoms with Gasteiger partial charge in [-0.2, -0.15) is 0 Å². The van der Waals surface area contributed by atoms with Gasteiger partial charge >= 0.3 is 0 Å². The fraction of sp³-hybridized carbons (Fsp3) is 0.260. The molecule has 0 amide bonds. The predicted octanol–water partition coefficient (Wildman–Crippen LogP) is 19.5. The van der Waals surface area contributed by atoms with Crippen molar-refractivity contribution in [1.29, 1.82) is 0 Å². The number of hydrogen-bond donors (Lipinski definition) is 0. The fourth-order valence-corrected chi connectivity index (χ4v) is 18.2. The minimum Gasteiger partial charge on any atom is -0.455 e. The van der Waals surface area contributed by atoms with Crippen LogP contribution in [0, 0.1) is 23.7 Å². The molecule has 8 bridgehead atoms. The van der Waals surface area contributed by atoms with Gasteiger partial charge in [0.05, 0.1) is 5.41 Å². The lowest BCUT2D eigenvalue weighted by Gasteiger charge is -2.38. The van der Waals surface area contributed by atoms with E-state index in [9.17, 15) is 0 Å². The average molecular weight is 966 g/mol. The molecule has 4 saturated carbocycles. The van der Waals surface area contributed by atoms with Crippen LogP contribution in [0.3, 0.4) is 0 Å². The smallest absolute Gasteiger partial charge is 0.143 e. The molecule has 0 aliphatic heterocycles. The van der Waals surface area contributed by atoms with Crippen LogP contribution < -0.4 is 4.90 Å². The summed E-state index contributed by atoms with van der Waals surface area (Å²) in [7, 11) is 0. The van der Waals surface area contributed by atoms with E-state index in [0.29, 0.717) is 23.7 Å². The summed E-state index contributed by atoms with van der Waals surface area (Å²) >= 11 is 0. The maximum Gasteiger partial charge on any atom is 0.143 e. The van der Waals surface area contributed by atoms with Crippen molar-refractivity contribution in [3.8, 4) is 44.5 Å². The SMILES string of the molecule is c1ccc(-c2ccc(N(c3ccc(-c4cccc5c4oc4ccccc45)cc3)c3ccc4c(c3)C3(c5ccccc5-4)c4cc5c(cc4-c4cc6c(cc43)C3CC4CC(CC6C4)C3)C3CC4CC(C3)CC5C4)cc2)cc1. The van der Waals surface area contributed by atoms with Crippen LogP contribution in [0.4, 0.5) is 17.1 Å². The predicted molar refractivity (Wildman–Crippen MR) is 307 cm³/mol. The summed E-state index contributed by atoms with van der Waals surface area (Å²) in [5, 5.41) is 2.31. The lowest BCUT2D eigenvalue weighted by Crippen LogP contribution is -2.27. The molecule has 362 valence electrons. The zero-order valence-electron chi connectivity index (χ0n) is 42.4. The molecule has 20 rings (SSSR count). The Morgan fingerprint density at radius 3 is 1.41 bits per heavy atom. The van der Waals surface area contributed by atoms with Gasteiger partial charge in [0.25, 0.3) is 0 Å². The third-order valence-electron chi connectivity index (χ3n) is 20.9. The van der Waals surface area contributed by atoms with Crippen LogP contribution in [0.2, 0.25) is 0 Å². The van der Waals surface area contributed by atoms with Gasteiger partial charge in [0.2, 0.25) is 0 Å². The number of anilines is 3. The maximum absolute atomic E-state index is 6.58. The van der Waals surface area contributed by atoms with Crippen molar-refractivity contribution in [2.75, 3.05) is 4.90 Å². The quantitative estimate of drug-likeness (QED) is 0.171. The van der Waals surface area contributed by atoms with Gasteiger partial charge in [-0.1, -0.05) is 146 Å². The molecule has 0 radical (unpaired) electrons. The number of nitrogens with zero attached hydrogens (tertiary/aromatic N) is 1. The highest BCUT2D eigenvalue weighted by Crippen LogP contribution is 2.68. The topological polar surface area (TPSA) is 16.4 Å². The van der Waals surface area contributed by atoms with Gasteiger partial charge in [-0.25, -0.2) is 0 Å². The molecule has 1 aromatic heterocycles. The molecule has 4 fully saturated rings. The number of para-hydroxylation sites is 2. The number of furan rings is 1. The Bertz CT molecular complexity index is 3910. The van der Waals surface area contributed by atoms with Gasteiger partial charge in [-0.3, -0.25) is 0 Å². The van der Waals surface area contributed by atoms with Gasteiger partial charge in [0.1, 0.15) is 11.2 Å². The van der Waals surface area contributed by atoms with E-state index in [0.717, 1.165) is 68.1 Å². The Kier molecular flexibility index (Phi) is 8.57. The molecule has 0 N–H and O–H groups in total. The molecular formula is C73H59NO. The molecule has 0 saturated heterocycles. The Labute approximate surface area is 440 Å². The molecule has 4 unspecified atom stereocenters. The van der Waals surface area contributed by atoms with Crippen molar-refractivity contribution in [2.24, 2.45) is 23.7 Å². The van der Waals surface area contributed by atoms with E-state index in [2.05, 4.69) is 193 Å². The summed E-state index contributed by atoms with van der Waals surface area (Å²) in [6, 6.07) is 72.8. The largest absolute Gasteiger partial charge is 0.455 e. The highest BCUT2D eigenvalue weighted by Gasteiger charge is 2.55.